The molecule has 1 aliphatic rings. The first-order valence-electron chi connectivity index (χ1n) is 6.48. The maximum Gasteiger partial charge on any atom is 0.262 e. The first-order chi connectivity index (χ1) is 9.60. The summed E-state index contributed by atoms with van der Waals surface area (Å²) < 4.78 is 14.3. The zero-order chi connectivity index (χ0) is 14.5. The molecule has 0 heterocycles. The van der Waals surface area contributed by atoms with Crippen LogP contribution in [0.15, 0.2) is 28.2 Å². The number of carbonyl (C=O) groups is 1. The lowest BCUT2D eigenvalue weighted by atomic mass is 10.1. The monoisotopic (exact) mass is 336 g/mol. The van der Waals surface area contributed by atoms with Crippen LogP contribution in [-0.4, -0.2) is 11.9 Å². The van der Waals surface area contributed by atoms with Gasteiger partial charge >= 0.3 is 0 Å². The molecule has 0 unspecified atom stereocenters. The Kier molecular flexibility index (Phi) is 4.91. The molecule has 0 radical (unpaired) electrons. The Balaban J connectivity index is 2.18. The van der Waals surface area contributed by atoms with Gasteiger partial charge in [-0.15, -0.1) is 0 Å². The number of nitriles is 1. The Morgan fingerprint density at radius 1 is 1.45 bits per heavy atom. The van der Waals surface area contributed by atoms with Crippen molar-refractivity contribution in [3.8, 4) is 6.07 Å². The summed E-state index contributed by atoms with van der Waals surface area (Å²) in [7, 11) is 0. The van der Waals surface area contributed by atoms with Crippen LogP contribution < -0.4 is 5.32 Å². The Morgan fingerprint density at radius 2 is 2.15 bits per heavy atom. The van der Waals surface area contributed by atoms with E-state index in [1.807, 2.05) is 6.07 Å². The number of hydrogen-bond acceptors (Lipinski definition) is 2. The second-order valence-corrected chi connectivity index (χ2v) is 5.71. The summed E-state index contributed by atoms with van der Waals surface area (Å²) in [6, 6.07) is 6.36. The Hall–Kier alpha value is -1.67. The van der Waals surface area contributed by atoms with Gasteiger partial charge in [0, 0.05) is 16.1 Å². The van der Waals surface area contributed by atoms with Crippen LogP contribution >= 0.6 is 15.9 Å². The molecule has 2 rings (SSSR count). The molecular formula is C15H14BrFN2O. The average molecular weight is 337 g/mol. The van der Waals surface area contributed by atoms with Crippen molar-refractivity contribution in [2.24, 2.45) is 0 Å². The lowest BCUT2D eigenvalue weighted by molar-refractivity contribution is -0.117. The van der Waals surface area contributed by atoms with Crippen molar-refractivity contribution in [3.63, 3.8) is 0 Å². The minimum Gasteiger partial charge on any atom is -0.349 e. The highest BCUT2D eigenvalue weighted by Crippen LogP contribution is 2.20. The predicted molar refractivity (Wildman–Crippen MR) is 78.1 cm³/mol. The van der Waals surface area contributed by atoms with Crippen LogP contribution in [0.1, 0.15) is 31.2 Å². The Labute approximate surface area is 125 Å². The van der Waals surface area contributed by atoms with Gasteiger partial charge in [-0.1, -0.05) is 28.8 Å². The molecule has 3 nitrogen and oxygen atoms in total. The van der Waals surface area contributed by atoms with Gasteiger partial charge in [0.2, 0.25) is 0 Å². The van der Waals surface area contributed by atoms with Crippen LogP contribution in [0.5, 0.6) is 0 Å². The fraction of sp³-hybridized carbons (Fsp3) is 0.333. The van der Waals surface area contributed by atoms with E-state index in [-0.39, 0.29) is 17.2 Å². The molecule has 1 N–H and O–H groups in total. The molecule has 0 spiro atoms. The first kappa shape index (κ1) is 14.7. The van der Waals surface area contributed by atoms with E-state index < -0.39 is 11.7 Å². The number of halogens is 2. The van der Waals surface area contributed by atoms with Gasteiger partial charge in [0.05, 0.1) is 0 Å². The fourth-order valence-corrected chi connectivity index (χ4v) is 2.64. The number of amides is 1. The maximum absolute atomic E-state index is 13.6. The molecule has 1 amide bonds. The van der Waals surface area contributed by atoms with Gasteiger partial charge in [0.25, 0.3) is 5.91 Å². The van der Waals surface area contributed by atoms with Crippen molar-refractivity contribution in [2.75, 3.05) is 0 Å². The molecule has 0 aromatic heterocycles. The second-order valence-electron chi connectivity index (χ2n) is 4.79. The van der Waals surface area contributed by atoms with E-state index in [4.69, 9.17) is 5.26 Å². The lowest BCUT2D eigenvalue weighted by Crippen LogP contribution is -2.33. The van der Waals surface area contributed by atoms with Gasteiger partial charge in [-0.2, -0.15) is 5.26 Å². The van der Waals surface area contributed by atoms with Crippen LogP contribution in [0.2, 0.25) is 0 Å². The quantitative estimate of drug-likeness (QED) is 0.677. The topological polar surface area (TPSA) is 52.9 Å². The number of nitrogens with zero attached hydrogens (tertiary/aromatic N) is 1. The fourth-order valence-electron chi connectivity index (χ4n) is 2.26. The number of hydrogen-bond donors (Lipinski definition) is 1. The Morgan fingerprint density at radius 3 is 2.80 bits per heavy atom. The maximum atomic E-state index is 13.6. The predicted octanol–water partition coefficient (Wildman–Crippen LogP) is 3.55. The normalized spacial score (nSPS) is 15.9. The summed E-state index contributed by atoms with van der Waals surface area (Å²) in [6.07, 6.45) is 5.35. The molecule has 0 bridgehead atoms. The highest BCUT2D eigenvalue weighted by molar-refractivity contribution is 9.10. The molecule has 0 aliphatic heterocycles. The van der Waals surface area contributed by atoms with Crippen LogP contribution in [-0.2, 0) is 4.79 Å². The van der Waals surface area contributed by atoms with Crippen molar-refractivity contribution in [1.82, 2.24) is 5.32 Å². The summed E-state index contributed by atoms with van der Waals surface area (Å²) in [4.78, 5) is 12.0. The van der Waals surface area contributed by atoms with Gasteiger partial charge in [0.15, 0.2) is 0 Å². The summed E-state index contributed by atoms with van der Waals surface area (Å²) >= 11 is 3.24. The number of benzene rings is 1. The van der Waals surface area contributed by atoms with E-state index in [1.165, 1.54) is 18.2 Å². The summed E-state index contributed by atoms with van der Waals surface area (Å²) in [5.41, 5.74) is 0.145. The third-order valence-electron chi connectivity index (χ3n) is 3.31. The average Bonchev–Trinajstić information content (AvgIpc) is 2.92. The molecule has 1 saturated carbocycles. The second kappa shape index (κ2) is 6.67. The smallest absolute Gasteiger partial charge is 0.262 e. The van der Waals surface area contributed by atoms with Gasteiger partial charge < -0.3 is 5.32 Å². The number of rotatable bonds is 3. The van der Waals surface area contributed by atoms with E-state index in [0.29, 0.717) is 4.47 Å². The summed E-state index contributed by atoms with van der Waals surface area (Å²) in [5.74, 6) is -0.895. The van der Waals surface area contributed by atoms with Crippen molar-refractivity contribution < 1.29 is 9.18 Å². The molecule has 1 aromatic carbocycles. The van der Waals surface area contributed by atoms with Crippen molar-refractivity contribution in [3.05, 3.63) is 39.6 Å². The van der Waals surface area contributed by atoms with E-state index in [9.17, 15) is 9.18 Å². The molecule has 104 valence electrons. The van der Waals surface area contributed by atoms with Crippen molar-refractivity contribution >= 4 is 27.9 Å². The van der Waals surface area contributed by atoms with Crippen molar-refractivity contribution in [1.29, 1.82) is 5.26 Å². The molecule has 0 saturated heterocycles. The van der Waals surface area contributed by atoms with Crippen LogP contribution in [0.4, 0.5) is 4.39 Å². The molecule has 1 aromatic rings. The van der Waals surface area contributed by atoms with E-state index in [1.54, 1.807) is 6.07 Å². The third-order valence-corrected chi connectivity index (χ3v) is 3.81. The summed E-state index contributed by atoms with van der Waals surface area (Å²) in [6.45, 7) is 0. The SMILES string of the molecule is N#C/C(=C/c1cc(Br)ccc1F)C(=O)NC1CCCC1. The van der Waals surface area contributed by atoms with Crippen LogP contribution in [0, 0.1) is 17.1 Å². The summed E-state index contributed by atoms with van der Waals surface area (Å²) in [5, 5.41) is 11.9. The standard InChI is InChI=1S/C15H14BrFN2O/c16-12-5-6-14(17)10(8-12)7-11(9-18)15(20)19-13-3-1-2-4-13/h5-8,13H,1-4H2,(H,19,20)/b11-7-. The van der Waals surface area contributed by atoms with E-state index in [2.05, 4.69) is 21.2 Å². The largest absolute Gasteiger partial charge is 0.349 e. The highest BCUT2D eigenvalue weighted by Gasteiger charge is 2.19. The Bertz CT molecular complexity index is 586. The highest BCUT2D eigenvalue weighted by atomic mass is 79.9. The first-order valence-corrected chi connectivity index (χ1v) is 7.27. The molecule has 1 fully saturated rings. The van der Waals surface area contributed by atoms with Crippen molar-refractivity contribution in [2.45, 2.75) is 31.7 Å². The van der Waals surface area contributed by atoms with Crippen LogP contribution in [0.25, 0.3) is 6.08 Å². The van der Waals surface area contributed by atoms with E-state index in [0.717, 1.165) is 25.7 Å². The van der Waals surface area contributed by atoms with Gasteiger partial charge in [-0.05, 0) is 37.1 Å². The minimum atomic E-state index is -0.463. The minimum absolute atomic E-state index is 0.0751. The molecule has 0 atom stereocenters. The molecule has 20 heavy (non-hydrogen) atoms. The molecular weight excluding hydrogens is 323 g/mol. The lowest BCUT2D eigenvalue weighted by Gasteiger charge is -2.11. The zero-order valence-electron chi connectivity index (χ0n) is 10.8. The molecule has 5 heteroatoms. The third kappa shape index (κ3) is 3.67. The zero-order valence-corrected chi connectivity index (χ0v) is 12.4. The van der Waals surface area contributed by atoms with Gasteiger partial charge in [0.1, 0.15) is 17.5 Å². The van der Waals surface area contributed by atoms with E-state index >= 15 is 0 Å². The number of carbonyl (C=O) groups excluding carboxylic acids is 1. The van der Waals surface area contributed by atoms with Gasteiger partial charge in [-0.25, -0.2) is 4.39 Å². The molecule has 1 aliphatic carbocycles. The van der Waals surface area contributed by atoms with Crippen LogP contribution in [0.3, 0.4) is 0 Å². The van der Waals surface area contributed by atoms with Gasteiger partial charge in [-0.3, -0.25) is 4.79 Å². The number of nitrogens with one attached hydrogen (secondary N) is 1.